The van der Waals surface area contributed by atoms with Gasteiger partial charge < -0.3 is 15.4 Å². The van der Waals surface area contributed by atoms with Crippen LogP contribution in [0.3, 0.4) is 0 Å². The van der Waals surface area contributed by atoms with Crippen molar-refractivity contribution in [2.24, 2.45) is 5.73 Å². The molecule has 3 rings (SSSR count). The molecule has 0 radical (unpaired) electrons. The maximum atomic E-state index is 12.7. The Bertz CT molecular complexity index is 1090. The van der Waals surface area contributed by atoms with Gasteiger partial charge >= 0.3 is 0 Å². The van der Waals surface area contributed by atoms with Crippen LogP contribution in [-0.2, 0) is 14.6 Å². The second kappa shape index (κ2) is 11.5. The lowest BCUT2D eigenvalue weighted by atomic mass is 10.1. The summed E-state index contributed by atoms with van der Waals surface area (Å²) < 4.78 is 31.3. The normalized spacial score (nSPS) is 15.8. The number of benzene rings is 1. The van der Waals surface area contributed by atoms with Crippen molar-refractivity contribution in [3.63, 3.8) is 0 Å². The number of nitrogens with zero attached hydrogens (tertiary/aromatic N) is 2. The minimum Gasteiger partial charge on any atom is -0.494 e. The van der Waals surface area contributed by atoms with Crippen LogP contribution in [0.1, 0.15) is 43.9 Å². The van der Waals surface area contributed by atoms with Crippen molar-refractivity contribution < 1.29 is 17.9 Å². The zero-order valence-electron chi connectivity index (χ0n) is 19.1. The number of sulfone groups is 1. The summed E-state index contributed by atoms with van der Waals surface area (Å²) in [4.78, 5) is 26.3. The minimum atomic E-state index is -3.60. The predicted octanol–water partition coefficient (Wildman–Crippen LogP) is 2.58. The van der Waals surface area contributed by atoms with Crippen LogP contribution in [0.5, 0.6) is 5.75 Å². The summed E-state index contributed by atoms with van der Waals surface area (Å²) >= 11 is 0. The monoisotopic (exact) mass is 475 g/mol. The molecular formula is C24H33N3O5S. The van der Waals surface area contributed by atoms with Gasteiger partial charge in [-0.1, -0.05) is 18.6 Å². The number of carbonyl (C=O) groups excluding carboxylic acids is 1. The van der Waals surface area contributed by atoms with Crippen molar-refractivity contribution >= 4 is 15.7 Å². The van der Waals surface area contributed by atoms with E-state index in [4.69, 9.17) is 10.5 Å². The van der Waals surface area contributed by atoms with E-state index in [1.807, 2.05) is 24.3 Å². The Balaban J connectivity index is 1.61. The molecule has 1 saturated heterocycles. The zero-order chi connectivity index (χ0) is 23.8. The molecule has 1 aliphatic rings. The van der Waals surface area contributed by atoms with Gasteiger partial charge in [-0.3, -0.25) is 14.2 Å². The smallest absolute Gasteiger partial charge is 0.252 e. The summed E-state index contributed by atoms with van der Waals surface area (Å²) in [5.74, 6) is 0.163. The molecule has 1 aromatic carbocycles. The van der Waals surface area contributed by atoms with Crippen molar-refractivity contribution in [3.8, 4) is 16.9 Å². The average molecular weight is 476 g/mol. The third-order valence-electron chi connectivity index (χ3n) is 5.91. The Morgan fingerprint density at radius 2 is 1.79 bits per heavy atom. The van der Waals surface area contributed by atoms with Gasteiger partial charge in [0.1, 0.15) is 11.1 Å². The van der Waals surface area contributed by atoms with Crippen LogP contribution >= 0.6 is 0 Å². The lowest BCUT2D eigenvalue weighted by Crippen LogP contribution is -2.31. The molecule has 1 unspecified atom stereocenters. The number of rotatable bonds is 11. The van der Waals surface area contributed by atoms with E-state index in [1.54, 1.807) is 6.07 Å². The van der Waals surface area contributed by atoms with Gasteiger partial charge in [0.15, 0.2) is 9.84 Å². The van der Waals surface area contributed by atoms with Crippen molar-refractivity contribution in [1.29, 1.82) is 0 Å². The van der Waals surface area contributed by atoms with E-state index in [1.165, 1.54) is 44.6 Å². The van der Waals surface area contributed by atoms with E-state index in [0.717, 1.165) is 35.1 Å². The molecule has 8 nitrogen and oxygen atoms in total. The molecule has 2 aromatic rings. The Hall–Kier alpha value is -2.65. The van der Waals surface area contributed by atoms with Crippen molar-refractivity contribution in [2.45, 2.75) is 43.9 Å². The fourth-order valence-electron chi connectivity index (χ4n) is 4.14. The van der Waals surface area contributed by atoms with Crippen LogP contribution in [0.4, 0.5) is 0 Å². The number of pyridine rings is 1. The second-order valence-electron chi connectivity index (χ2n) is 8.58. The summed E-state index contributed by atoms with van der Waals surface area (Å²) in [6, 6.07) is 10.6. The highest BCUT2D eigenvalue weighted by Crippen LogP contribution is 2.24. The van der Waals surface area contributed by atoms with Gasteiger partial charge in [-0.05, 0) is 68.1 Å². The third-order valence-corrected chi connectivity index (χ3v) is 7.37. The molecule has 0 saturated carbocycles. The molecule has 1 aromatic heterocycles. The molecule has 9 heteroatoms. The highest BCUT2D eigenvalue weighted by Gasteiger charge is 2.24. The molecule has 1 amide bonds. The van der Waals surface area contributed by atoms with E-state index in [0.29, 0.717) is 12.2 Å². The summed E-state index contributed by atoms with van der Waals surface area (Å²) in [7, 11) is -3.60. The number of ether oxygens (including phenoxy) is 1. The Morgan fingerprint density at radius 1 is 1.09 bits per heavy atom. The zero-order valence-corrected chi connectivity index (χ0v) is 19.9. The largest absolute Gasteiger partial charge is 0.494 e. The third kappa shape index (κ3) is 7.43. The molecule has 1 atom stereocenters. The quantitative estimate of drug-likeness (QED) is 0.500. The van der Waals surface area contributed by atoms with Crippen LogP contribution in [0.2, 0.25) is 0 Å². The second-order valence-corrected chi connectivity index (χ2v) is 10.8. The van der Waals surface area contributed by atoms with Gasteiger partial charge in [-0.2, -0.15) is 0 Å². The van der Waals surface area contributed by atoms with Gasteiger partial charge in [-0.15, -0.1) is 0 Å². The first-order chi connectivity index (χ1) is 15.7. The number of likely N-dealkylation sites (tertiary alicyclic amines) is 1. The van der Waals surface area contributed by atoms with Crippen LogP contribution < -0.4 is 16.0 Å². The Morgan fingerprint density at radius 3 is 2.39 bits per heavy atom. The first-order valence-electron chi connectivity index (χ1n) is 11.4. The standard InChI is InChI=1S/C24H33N3O5S/c1-33(30,31)24(11-10-22(25)28)27-16-12-20(18-23(27)29)19-6-8-21(9-7-19)32-17-5-15-26-13-3-2-4-14-26/h6-9,12,16,18,24H,2-5,10-11,13-15,17H2,1H3,(H2,25,28). The number of hydrogen-bond donors (Lipinski definition) is 1. The SMILES string of the molecule is CS(=O)(=O)C(CCC(N)=O)n1ccc(-c2ccc(OCCCN3CCCCC3)cc2)cc1=O. The molecule has 2 heterocycles. The summed E-state index contributed by atoms with van der Waals surface area (Å²) in [6.45, 7) is 4.08. The summed E-state index contributed by atoms with van der Waals surface area (Å²) in [5.41, 5.74) is 6.20. The Kier molecular flexibility index (Phi) is 8.68. The van der Waals surface area contributed by atoms with Gasteiger partial charge in [0.05, 0.1) is 6.61 Å². The van der Waals surface area contributed by atoms with Crippen molar-refractivity contribution in [2.75, 3.05) is 32.5 Å². The maximum absolute atomic E-state index is 12.7. The first kappa shape index (κ1) is 25.0. The number of hydrogen-bond acceptors (Lipinski definition) is 6. The van der Waals surface area contributed by atoms with Crippen molar-refractivity contribution in [3.05, 3.63) is 52.9 Å². The van der Waals surface area contributed by atoms with Crippen LogP contribution in [0.25, 0.3) is 11.1 Å². The van der Waals surface area contributed by atoms with Gasteiger partial charge in [0.25, 0.3) is 5.56 Å². The van der Waals surface area contributed by atoms with Gasteiger partial charge in [0.2, 0.25) is 5.91 Å². The number of aromatic nitrogens is 1. The minimum absolute atomic E-state index is 0.0444. The van der Waals surface area contributed by atoms with Crippen LogP contribution in [0.15, 0.2) is 47.4 Å². The number of amides is 1. The number of piperidine rings is 1. The van der Waals surface area contributed by atoms with E-state index in [-0.39, 0.29) is 12.8 Å². The molecule has 1 fully saturated rings. The lowest BCUT2D eigenvalue weighted by Gasteiger charge is -2.26. The maximum Gasteiger partial charge on any atom is 0.252 e. The van der Waals surface area contributed by atoms with E-state index in [9.17, 15) is 18.0 Å². The van der Waals surface area contributed by atoms with E-state index in [2.05, 4.69) is 4.90 Å². The average Bonchev–Trinajstić information content (AvgIpc) is 2.78. The van der Waals surface area contributed by atoms with E-state index >= 15 is 0 Å². The topological polar surface area (TPSA) is 112 Å². The molecule has 180 valence electrons. The van der Waals surface area contributed by atoms with Crippen molar-refractivity contribution in [1.82, 2.24) is 9.47 Å². The molecular weight excluding hydrogens is 442 g/mol. The molecule has 1 aliphatic heterocycles. The van der Waals surface area contributed by atoms with Gasteiger partial charge in [0, 0.05) is 31.5 Å². The molecule has 2 N–H and O–H groups in total. The van der Waals surface area contributed by atoms with Crippen LogP contribution in [-0.4, -0.2) is 56.3 Å². The number of nitrogens with two attached hydrogens (primary N) is 1. The van der Waals surface area contributed by atoms with Crippen LogP contribution in [0, 0.1) is 0 Å². The molecule has 0 bridgehead atoms. The predicted molar refractivity (Wildman–Crippen MR) is 129 cm³/mol. The summed E-state index contributed by atoms with van der Waals surface area (Å²) in [5, 5.41) is -1.13. The molecule has 33 heavy (non-hydrogen) atoms. The first-order valence-corrected chi connectivity index (χ1v) is 13.3. The van der Waals surface area contributed by atoms with Gasteiger partial charge in [-0.25, -0.2) is 8.42 Å². The fourth-order valence-corrected chi connectivity index (χ4v) is 5.27. The molecule has 0 aliphatic carbocycles. The highest BCUT2D eigenvalue weighted by molar-refractivity contribution is 7.90. The number of carbonyl (C=O) groups is 1. The highest BCUT2D eigenvalue weighted by atomic mass is 32.2. The fraction of sp³-hybridized carbons (Fsp3) is 0.500. The Labute approximate surface area is 195 Å². The molecule has 0 spiro atoms. The van der Waals surface area contributed by atoms with E-state index < -0.39 is 26.7 Å². The summed E-state index contributed by atoms with van der Waals surface area (Å²) in [6.07, 6.45) is 7.23. The lowest BCUT2D eigenvalue weighted by molar-refractivity contribution is -0.118. The number of primary amides is 1.